The van der Waals surface area contributed by atoms with Crippen LogP contribution in [0.25, 0.3) is 11.1 Å². The van der Waals surface area contributed by atoms with Crippen molar-refractivity contribution in [1.29, 1.82) is 5.26 Å². The van der Waals surface area contributed by atoms with Gasteiger partial charge in [-0.1, -0.05) is 66.7 Å². The van der Waals surface area contributed by atoms with E-state index in [2.05, 4.69) is 6.07 Å². The first-order chi connectivity index (χ1) is 13.0. The van der Waals surface area contributed by atoms with Crippen molar-refractivity contribution in [3.63, 3.8) is 0 Å². The molecule has 0 aliphatic carbocycles. The third-order valence-electron chi connectivity index (χ3n) is 4.40. The minimum absolute atomic E-state index is 0.110. The minimum Gasteiger partial charge on any atom is -0.458 e. The van der Waals surface area contributed by atoms with Crippen molar-refractivity contribution in [3.8, 4) is 17.2 Å². The zero-order valence-electron chi connectivity index (χ0n) is 14.9. The maximum atomic E-state index is 12.4. The Kier molecular flexibility index (Phi) is 5.35. The number of ether oxygens (including phenoxy) is 1. The van der Waals surface area contributed by atoms with Gasteiger partial charge in [-0.15, -0.1) is 0 Å². The quantitative estimate of drug-likeness (QED) is 0.696. The van der Waals surface area contributed by atoms with Crippen LogP contribution in [0.1, 0.15) is 23.6 Å². The Balaban J connectivity index is 1.72. The molecular weight excluding hydrogens is 338 g/mol. The van der Waals surface area contributed by atoms with Gasteiger partial charge in [-0.2, -0.15) is 5.26 Å². The lowest BCUT2D eigenvalue weighted by atomic mass is 9.93. The van der Waals surface area contributed by atoms with Crippen LogP contribution >= 0.6 is 0 Å². The van der Waals surface area contributed by atoms with E-state index in [1.165, 1.54) is 6.92 Å². The van der Waals surface area contributed by atoms with E-state index in [9.17, 15) is 9.90 Å². The van der Waals surface area contributed by atoms with Crippen molar-refractivity contribution in [2.24, 2.45) is 0 Å². The number of carbonyl (C=O) groups excluding carboxylic acids is 1. The average molecular weight is 357 g/mol. The summed E-state index contributed by atoms with van der Waals surface area (Å²) in [6.07, 6.45) is 0. The van der Waals surface area contributed by atoms with Crippen molar-refractivity contribution >= 4 is 5.97 Å². The molecule has 1 atom stereocenters. The second-order valence-corrected chi connectivity index (χ2v) is 6.40. The predicted octanol–water partition coefficient (Wildman–Crippen LogP) is 4.18. The highest BCUT2D eigenvalue weighted by Gasteiger charge is 2.34. The molecular formula is C23H19NO3. The first kappa shape index (κ1) is 18.4. The fourth-order valence-corrected chi connectivity index (χ4v) is 2.71. The molecule has 27 heavy (non-hydrogen) atoms. The van der Waals surface area contributed by atoms with Crippen LogP contribution in [0.15, 0.2) is 78.9 Å². The first-order valence-corrected chi connectivity index (χ1v) is 8.55. The lowest BCUT2D eigenvalue weighted by molar-refractivity contribution is -0.166. The zero-order chi connectivity index (χ0) is 19.3. The van der Waals surface area contributed by atoms with E-state index in [1.807, 2.05) is 54.6 Å². The van der Waals surface area contributed by atoms with E-state index >= 15 is 0 Å². The summed E-state index contributed by atoms with van der Waals surface area (Å²) in [7, 11) is 0. The molecule has 4 nitrogen and oxygen atoms in total. The van der Waals surface area contributed by atoms with Crippen LogP contribution in [0.4, 0.5) is 0 Å². The van der Waals surface area contributed by atoms with Gasteiger partial charge < -0.3 is 9.84 Å². The smallest absolute Gasteiger partial charge is 0.342 e. The number of rotatable bonds is 5. The van der Waals surface area contributed by atoms with Crippen LogP contribution in [0, 0.1) is 11.3 Å². The number of carbonyl (C=O) groups is 1. The molecule has 0 radical (unpaired) electrons. The molecule has 0 bridgehead atoms. The average Bonchev–Trinajstić information content (AvgIpc) is 2.73. The van der Waals surface area contributed by atoms with E-state index < -0.39 is 11.6 Å². The number of benzene rings is 3. The molecule has 3 aromatic carbocycles. The number of hydrogen-bond donors (Lipinski definition) is 1. The predicted molar refractivity (Wildman–Crippen MR) is 102 cm³/mol. The third-order valence-corrected chi connectivity index (χ3v) is 4.40. The number of nitriles is 1. The molecule has 0 saturated carbocycles. The summed E-state index contributed by atoms with van der Waals surface area (Å²) in [6.45, 7) is 1.54. The van der Waals surface area contributed by atoms with Gasteiger partial charge >= 0.3 is 5.97 Å². The van der Waals surface area contributed by atoms with Gasteiger partial charge in [0, 0.05) is 0 Å². The molecule has 0 aliphatic heterocycles. The van der Waals surface area contributed by atoms with Crippen molar-refractivity contribution in [2.75, 3.05) is 0 Å². The third kappa shape index (κ3) is 4.22. The molecule has 0 saturated heterocycles. The number of nitrogens with zero attached hydrogens (tertiary/aromatic N) is 1. The van der Waals surface area contributed by atoms with Crippen molar-refractivity contribution in [3.05, 3.63) is 95.6 Å². The van der Waals surface area contributed by atoms with E-state index in [0.717, 1.165) is 16.7 Å². The topological polar surface area (TPSA) is 70.3 Å². The summed E-state index contributed by atoms with van der Waals surface area (Å²) < 4.78 is 5.27. The minimum atomic E-state index is -1.74. The first-order valence-electron chi connectivity index (χ1n) is 8.55. The zero-order valence-corrected chi connectivity index (χ0v) is 14.9. The van der Waals surface area contributed by atoms with Gasteiger partial charge in [-0.25, -0.2) is 4.79 Å². The van der Waals surface area contributed by atoms with Crippen molar-refractivity contribution in [2.45, 2.75) is 19.1 Å². The molecule has 3 aromatic rings. The Morgan fingerprint density at radius 2 is 1.52 bits per heavy atom. The lowest BCUT2D eigenvalue weighted by Crippen LogP contribution is -2.34. The summed E-state index contributed by atoms with van der Waals surface area (Å²) >= 11 is 0. The standard InChI is InChI=1S/C23H19NO3/c1-23(26,22(25)27-16-18-5-3-2-4-6-18)21-13-11-20(12-14-21)19-9-7-17(15-24)8-10-19/h2-14,26H,16H2,1H3. The Labute approximate surface area is 158 Å². The normalized spacial score (nSPS) is 12.6. The van der Waals surface area contributed by atoms with Gasteiger partial charge in [-0.05, 0) is 41.3 Å². The van der Waals surface area contributed by atoms with E-state index in [1.54, 1.807) is 24.3 Å². The molecule has 0 aliphatic rings. The van der Waals surface area contributed by atoms with E-state index in [0.29, 0.717) is 11.1 Å². The second-order valence-electron chi connectivity index (χ2n) is 6.40. The Bertz CT molecular complexity index is 953. The van der Waals surface area contributed by atoms with E-state index in [-0.39, 0.29) is 6.61 Å². The highest BCUT2D eigenvalue weighted by molar-refractivity contribution is 5.81. The SMILES string of the molecule is CC(O)(C(=O)OCc1ccccc1)c1ccc(-c2ccc(C#N)cc2)cc1. The lowest BCUT2D eigenvalue weighted by Gasteiger charge is -2.22. The molecule has 0 spiro atoms. The summed E-state index contributed by atoms with van der Waals surface area (Å²) in [5.41, 5.74) is 2.05. The fraction of sp³-hybridized carbons (Fsp3) is 0.130. The molecule has 3 rings (SSSR count). The summed E-state index contributed by atoms with van der Waals surface area (Å²) in [4.78, 5) is 12.4. The molecule has 0 amide bonds. The monoisotopic (exact) mass is 357 g/mol. The van der Waals surface area contributed by atoms with Crippen molar-refractivity contribution < 1.29 is 14.6 Å². The largest absolute Gasteiger partial charge is 0.458 e. The molecule has 134 valence electrons. The molecule has 0 heterocycles. The van der Waals surface area contributed by atoms with E-state index in [4.69, 9.17) is 10.00 Å². The Hall–Kier alpha value is -3.42. The maximum absolute atomic E-state index is 12.4. The van der Waals surface area contributed by atoms with Gasteiger partial charge in [-0.3, -0.25) is 0 Å². The van der Waals surface area contributed by atoms with Gasteiger partial charge in [0.25, 0.3) is 0 Å². The van der Waals surface area contributed by atoms with Crippen LogP contribution in [0.5, 0.6) is 0 Å². The maximum Gasteiger partial charge on any atom is 0.342 e. The molecule has 4 heteroatoms. The molecule has 1 N–H and O–H groups in total. The van der Waals surface area contributed by atoms with Crippen LogP contribution in [-0.2, 0) is 21.7 Å². The van der Waals surface area contributed by atoms with Crippen LogP contribution < -0.4 is 0 Å². The van der Waals surface area contributed by atoms with Crippen LogP contribution in [-0.4, -0.2) is 11.1 Å². The summed E-state index contributed by atoms with van der Waals surface area (Å²) in [5.74, 6) is -0.697. The Morgan fingerprint density at radius 1 is 0.963 bits per heavy atom. The van der Waals surface area contributed by atoms with Gasteiger partial charge in [0.2, 0.25) is 0 Å². The van der Waals surface area contributed by atoms with Gasteiger partial charge in [0.15, 0.2) is 5.60 Å². The van der Waals surface area contributed by atoms with Crippen LogP contribution in [0.2, 0.25) is 0 Å². The highest BCUT2D eigenvalue weighted by atomic mass is 16.5. The summed E-state index contributed by atoms with van der Waals surface area (Å²) in [5, 5.41) is 19.5. The second kappa shape index (κ2) is 7.86. The van der Waals surface area contributed by atoms with Crippen LogP contribution in [0.3, 0.4) is 0 Å². The molecule has 0 fully saturated rings. The fourth-order valence-electron chi connectivity index (χ4n) is 2.71. The number of aliphatic hydroxyl groups is 1. The van der Waals surface area contributed by atoms with Gasteiger partial charge in [0.05, 0.1) is 11.6 Å². The Morgan fingerprint density at radius 3 is 2.07 bits per heavy atom. The number of hydrogen-bond acceptors (Lipinski definition) is 4. The van der Waals surface area contributed by atoms with Crippen molar-refractivity contribution in [1.82, 2.24) is 0 Å². The number of esters is 1. The molecule has 1 unspecified atom stereocenters. The van der Waals surface area contributed by atoms with Gasteiger partial charge in [0.1, 0.15) is 6.61 Å². The molecule has 0 aromatic heterocycles. The highest BCUT2D eigenvalue weighted by Crippen LogP contribution is 2.27. The summed E-state index contributed by atoms with van der Waals surface area (Å²) in [6, 6.07) is 25.7.